The molecule has 2 heterocycles. The highest BCUT2D eigenvalue weighted by Crippen LogP contribution is 2.46. The molecule has 3 aromatic rings. The molecule has 1 aliphatic rings. The van der Waals surface area contributed by atoms with Crippen molar-refractivity contribution in [3.63, 3.8) is 0 Å². The highest BCUT2D eigenvalue weighted by molar-refractivity contribution is 6.32. The number of aromatic nitrogens is 3. The number of ether oxygens (including phenoxy) is 3. The average molecular weight is 500 g/mol. The fourth-order valence-electron chi connectivity index (χ4n) is 3.80. The Morgan fingerprint density at radius 3 is 2.65 bits per heavy atom. The molecule has 1 aromatic heterocycles. The summed E-state index contributed by atoms with van der Waals surface area (Å²) in [5.74, 6) is -2.77. The second kappa shape index (κ2) is 9.22. The predicted molar refractivity (Wildman–Crippen MR) is 111 cm³/mol. The summed E-state index contributed by atoms with van der Waals surface area (Å²) < 4.78 is 72.9. The van der Waals surface area contributed by atoms with Gasteiger partial charge in [-0.2, -0.15) is 13.2 Å². The summed E-state index contributed by atoms with van der Waals surface area (Å²) >= 11 is 6.49. The summed E-state index contributed by atoms with van der Waals surface area (Å²) in [6.45, 7) is 1.65. The van der Waals surface area contributed by atoms with Crippen LogP contribution >= 0.6 is 11.6 Å². The molecule has 0 fully saturated rings. The molecule has 180 valence electrons. The molecule has 0 bridgehead atoms. The number of alkyl halides is 3. The number of esters is 1. The standard InChI is InChI=1S/C22H18ClF4N3O4/c1-3-33-17(31)10-16-20-28-29-21(22(25,26)27)30(20)14-8-7-11(24)9-13(14)19(34-16)12-5-4-6-15(32-2)18(12)23/h4-9,16,19H,3,10H2,1-2H3/t16-,19-/m0/s1. The smallest absolute Gasteiger partial charge is 0.452 e. The number of halogens is 5. The summed E-state index contributed by atoms with van der Waals surface area (Å²) in [4.78, 5) is 12.3. The second-order valence-corrected chi connectivity index (χ2v) is 7.67. The summed E-state index contributed by atoms with van der Waals surface area (Å²) in [5.41, 5.74) is 0.269. The fraction of sp³-hybridized carbons (Fsp3) is 0.318. The van der Waals surface area contributed by atoms with Crippen LogP contribution in [0, 0.1) is 5.82 Å². The zero-order valence-electron chi connectivity index (χ0n) is 17.9. The van der Waals surface area contributed by atoms with Crippen molar-refractivity contribution < 1.29 is 36.6 Å². The first-order chi connectivity index (χ1) is 16.2. The number of hydrogen-bond donors (Lipinski definition) is 0. The Kier molecular flexibility index (Phi) is 6.50. The monoisotopic (exact) mass is 499 g/mol. The van der Waals surface area contributed by atoms with Crippen LogP contribution in [0.4, 0.5) is 17.6 Å². The molecule has 4 rings (SSSR count). The predicted octanol–water partition coefficient (Wildman–Crippen LogP) is 5.20. The molecule has 0 aliphatic carbocycles. The van der Waals surface area contributed by atoms with Crippen molar-refractivity contribution in [1.82, 2.24) is 14.8 Å². The maximum Gasteiger partial charge on any atom is 0.452 e. The van der Waals surface area contributed by atoms with Gasteiger partial charge in [-0.05, 0) is 31.2 Å². The summed E-state index contributed by atoms with van der Waals surface area (Å²) in [5, 5.41) is 7.11. The summed E-state index contributed by atoms with van der Waals surface area (Å²) in [6, 6.07) is 7.99. The van der Waals surface area contributed by atoms with Gasteiger partial charge in [0.2, 0.25) is 5.82 Å². The van der Waals surface area contributed by atoms with Gasteiger partial charge in [-0.15, -0.1) is 10.2 Å². The molecular formula is C22H18ClF4N3O4. The van der Waals surface area contributed by atoms with Gasteiger partial charge in [0, 0.05) is 11.1 Å². The Morgan fingerprint density at radius 1 is 1.21 bits per heavy atom. The van der Waals surface area contributed by atoms with Crippen LogP contribution < -0.4 is 4.74 Å². The molecule has 0 amide bonds. The van der Waals surface area contributed by atoms with E-state index in [2.05, 4.69) is 10.2 Å². The van der Waals surface area contributed by atoms with Gasteiger partial charge in [0.25, 0.3) is 0 Å². The van der Waals surface area contributed by atoms with Crippen molar-refractivity contribution in [1.29, 1.82) is 0 Å². The third-order valence-electron chi connectivity index (χ3n) is 5.20. The van der Waals surface area contributed by atoms with Crippen molar-refractivity contribution in [2.24, 2.45) is 0 Å². The lowest BCUT2D eigenvalue weighted by molar-refractivity contribution is -0.147. The van der Waals surface area contributed by atoms with Crippen molar-refractivity contribution in [3.05, 3.63) is 70.0 Å². The van der Waals surface area contributed by atoms with Crippen LogP contribution in [0.5, 0.6) is 5.75 Å². The van der Waals surface area contributed by atoms with E-state index < -0.39 is 42.4 Å². The summed E-state index contributed by atoms with van der Waals surface area (Å²) in [7, 11) is 1.40. The van der Waals surface area contributed by atoms with Gasteiger partial charge in [0.1, 0.15) is 23.8 Å². The number of methoxy groups -OCH3 is 1. The Bertz CT molecular complexity index is 1230. The third-order valence-corrected chi connectivity index (χ3v) is 5.60. The van der Waals surface area contributed by atoms with Crippen LogP contribution in [0.3, 0.4) is 0 Å². The minimum absolute atomic E-state index is 0.0352. The molecule has 0 saturated heterocycles. The first-order valence-corrected chi connectivity index (χ1v) is 10.5. The molecule has 0 N–H and O–H groups in total. The topological polar surface area (TPSA) is 75.5 Å². The van der Waals surface area contributed by atoms with Gasteiger partial charge in [0.05, 0.1) is 30.8 Å². The number of nitrogens with zero attached hydrogens (tertiary/aromatic N) is 3. The highest BCUT2D eigenvalue weighted by atomic mass is 35.5. The molecule has 7 nitrogen and oxygen atoms in total. The van der Waals surface area contributed by atoms with E-state index in [-0.39, 0.29) is 34.5 Å². The molecule has 0 radical (unpaired) electrons. The molecular weight excluding hydrogens is 482 g/mol. The van der Waals surface area contributed by atoms with Crippen molar-refractivity contribution in [3.8, 4) is 11.4 Å². The van der Waals surface area contributed by atoms with Crippen LogP contribution in [0.2, 0.25) is 5.02 Å². The van der Waals surface area contributed by atoms with E-state index in [1.165, 1.54) is 13.2 Å². The van der Waals surface area contributed by atoms with Crippen LogP contribution in [0.1, 0.15) is 48.3 Å². The van der Waals surface area contributed by atoms with Gasteiger partial charge < -0.3 is 14.2 Å². The number of rotatable bonds is 5. The minimum Gasteiger partial charge on any atom is -0.495 e. The Morgan fingerprint density at radius 2 is 1.97 bits per heavy atom. The van der Waals surface area contributed by atoms with Crippen LogP contribution in [-0.4, -0.2) is 34.5 Å². The number of benzene rings is 2. The van der Waals surface area contributed by atoms with Gasteiger partial charge in [-0.3, -0.25) is 9.36 Å². The van der Waals surface area contributed by atoms with E-state index in [1.54, 1.807) is 25.1 Å². The number of hydrogen-bond acceptors (Lipinski definition) is 6. The van der Waals surface area contributed by atoms with E-state index >= 15 is 0 Å². The van der Waals surface area contributed by atoms with Gasteiger partial charge in [-0.1, -0.05) is 23.7 Å². The zero-order chi connectivity index (χ0) is 24.6. The first-order valence-electron chi connectivity index (χ1n) is 10.1. The van der Waals surface area contributed by atoms with E-state index in [0.29, 0.717) is 5.56 Å². The molecule has 34 heavy (non-hydrogen) atoms. The van der Waals surface area contributed by atoms with Crippen molar-refractivity contribution in [2.75, 3.05) is 13.7 Å². The maximum atomic E-state index is 14.4. The highest BCUT2D eigenvalue weighted by Gasteiger charge is 2.43. The normalized spacial score (nSPS) is 17.5. The molecule has 0 saturated carbocycles. The molecule has 2 aromatic carbocycles. The third kappa shape index (κ3) is 4.32. The van der Waals surface area contributed by atoms with Crippen molar-refractivity contribution in [2.45, 2.75) is 31.7 Å². The van der Waals surface area contributed by atoms with Crippen molar-refractivity contribution >= 4 is 17.6 Å². The molecule has 12 heteroatoms. The van der Waals surface area contributed by atoms with Crippen LogP contribution in [0.25, 0.3) is 5.69 Å². The van der Waals surface area contributed by atoms with E-state index in [9.17, 15) is 22.4 Å². The molecule has 0 spiro atoms. The molecule has 1 aliphatic heterocycles. The lowest BCUT2D eigenvalue weighted by Gasteiger charge is -2.23. The van der Waals surface area contributed by atoms with Crippen LogP contribution in [0.15, 0.2) is 36.4 Å². The first kappa shape index (κ1) is 24.0. The van der Waals surface area contributed by atoms with Gasteiger partial charge in [0.15, 0.2) is 5.82 Å². The quantitative estimate of drug-likeness (QED) is 0.355. The Balaban J connectivity index is 1.98. The Labute approximate surface area is 196 Å². The SMILES string of the molecule is CCOC(=O)C[C@@H]1O[C@@H](c2cccc(OC)c2Cl)c2cc(F)ccc2-n2c1nnc2C(F)(F)F. The lowest BCUT2D eigenvalue weighted by atomic mass is 9.99. The van der Waals surface area contributed by atoms with E-state index in [0.717, 1.165) is 16.7 Å². The van der Waals surface area contributed by atoms with Gasteiger partial charge in [-0.25, -0.2) is 4.39 Å². The largest absolute Gasteiger partial charge is 0.495 e. The van der Waals surface area contributed by atoms with Crippen LogP contribution in [-0.2, 0) is 20.4 Å². The molecule has 2 atom stereocenters. The number of fused-ring (bicyclic) bond motifs is 3. The number of carbonyl (C=O) groups is 1. The lowest BCUT2D eigenvalue weighted by Crippen LogP contribution is -2.18. The Hall–Kier alpha value is -3.18. The maximum absolute atomic E-state index is 14.4. The fourth-order valence-corrected chi connectivity index (χ4v) is 4.10. The van der Waals surface area contributed by atoms with E-state index in [4.69, 9.17) is 25.8 Å². The van der Waals surface area contributed by atoms with E-state index in [1.807, 2.05) is 0 Å². The zero-order valence-corrected chi connectivity index (χ0v) is 18.7. The van der Waals surface area contributed by atoms with Gasteiger partial charge >= 0.3 is 12.1 Å². The number of carbonyl (C=O) groups excluding carboxylic acids is 1. The minimum atomic E-state index is -4.89. The average Bonchev–Trinajstić information content (AvgIpc) is 3.18. The molecule has 0 unspecified atom stereocenters. The summed E-state index contributed by atoms with van der Waals surface area (Å²) in [6.07, 6.45) is -7.84. The second-order valence-electron chi connectivity index (χ2n) is 7.30.